The number of carbonyl (C=O) groups excluding carboxylic acids is 1. The Bertz CT molecular complexity index is 451. The maximum absolute atomic E-state index is 12.2. The van der Waals surface area contributed by atoms with Gasteiger partial charge in [-0.05, 0) is 35.0 Å². The summed E-state index contributed by atoms with van der Waals surface area (Å²) >= 11 is 3.20. The fraction of sp³-hybridized carbons (Fsp3) is 0.417. The smallest absolute Gasteiger partial charge is 0.308 e. The molecule has 0 saturated carbocycles. The summed E-state index contributed by atoms with van der Waals surface area (Å²) in [6.45, 7) is 4.07. The number of halogens is 1. The second-order valence-electron chi connectivity index (χ2n) is 3.95. The van der Waals surface area contributed by atoms with Gasteiger partial charge in [-0.1, -0.05) is 6.92 Å². The van der Waals surface area contributed by atoms with Gasteiger partial charge in [-0.3, -0.25) is 9.59 Å². The number of carboxylic acid groups (broad SMARTS) is 1. The monoisotopic (exact) mass is 314 g/mol. The lowest BCUT2D eigenvalue weighted by Crippen LogP contribution is -2.36. The van der Waals surface area contributed by atoms with Crippen molar-refractivity contribution in [3.05, 3.63) is 28.5 Å². The van der Waals surface area contributed by atoms with Crippen molar-refractivity contribution in [2.24, 2.45) is 5.92 Å². The van der Waals surface area contributed by atoms with Gasteiger partial charge in [-0.25, -0.2) is 4.98 Å². The topological polar surface area (TPSA) is 70.5 Å². The van der Waals surface area contributed by atoms with Gasteiger partial charge >= 0.3 is 5.97 Å². The van der Waals surface area contributed by atoms with Crippen molar-refractivity contribution < 1.29 is 14.7 Å². The van der Waals surface area contributed by atoms with Gasteiger partial charge < -0.3 is 10.0 Å². The molecule has 0 saturated heterocycles. The molecule has 0 radical (unpaired) electrons. The van der Waals surface area contributed by atoms with Crippen LogP contribution in [0.15, 0.2) is 22.9 Å². The third-order valence-electron chi connectivity index (χ3n) is 2.56. The molecule has 0 aliphatic carbocycles. The molecule has 1 unspecified atom stereocenters. The van der Waals surface area contributed by atoms with Gasteiger partial charge in [0.15, 0.2) is 0 Å². The van der Waals surface area contributed by atoms with Crippen LogP contribution in [0.5, 0.6) is 0 Å². The number of hydrogen-bond acceptors (Lipinski definition) is 3. The Balaban J connectivity index is 2.82. The highest BCUT2D eigenvalue weighted by Gasteiger charge is 2.20. The van der Waals surface area contributed by atoms with Crippen molar-refractivity contribution in [1.82, 2.24) is 9.88 Å². The molecule has 1 atom stereocenters. The summed E-state index contributed by atoms with van der Waals surface area (Å²) in [4.78, 5) is 28.4. The van der Waals surface area contributed by atoms with Gasteiger partial charge in [0.1, 0.15) is 4.60 Å². The van der Waals surface area contributed by atoms with Crippen molar-refractivity contribution in [2.45, 2.75) is 13.8 Å². The van der Waals surface area contributed by atoms with Crippen molar-refractivity contribution >= 4 is 27.8 Å². The predicted octanol–water partition coefficient (Wildman–Crippen LogP) is 2.03. The summed E-state index contributed by atoms with van der Waals surface area (Å²) in [7, 11) is 0. The standard InChI is InChI=1S/C12H15BrN2O3/c1-3-15(7-8(2)12(17)18)11(16)9-4-5-14-10(13)6-9/h4-6,8H,3,7H2,1-2H3,(H,17,18). The maximum atomic E-state index is 12.2. The number of aliphatic carboxylic acids is 1. The van der Waals surface area contributed by atoms with Crippen LogP contribution in [0, 0.1) is 5.92 Å². The highest BCUT2D eigenvalue weighted by Crippen LogP contribution is 2.12. The molecule has 6 heteroatoms. The Morgan fingerprint density at radius 3 is 2.72 bits per heavy atom. The van der Waals surface area contributed by atoms with Crippen molar-refractivity contribution in [3.8, 4) is 0 Å². The van der Waals surface area contributed by atoms with Crippen LogP contribution in [0.25, 0.3) is 0 Å². The van der Waals surface area contributed by atoms with E-state index in [-0.39, 0.29) is 12.5 Å². The SMILES string of the molecule is CCN(CC(C)C(=O)O)C(=O)c1ccnc(Br)c1. The van der Waals surface area contributed by atoms with E-state index >= 15 is 0 Å². The van der Waals surface area contributed by atoms with E-state index in [2.05, 4.69) is 20.9 Å². The number of pyridine rings is 1. The first-order valence-corrected chi connectivity index (χ1v) is 6.38. The molecule has 1 amide bonds. The number of nitrogens with zero attached hydrogens (tertiary/aromatic N) is 2. The molecule has 0 fully saturated rings. The number of aromatic nitrogens is 1. The van der Waals surface area contributed by atoms with E-state index in [1.807, 2.05) is 6.92 Å². The van der Waals surface area contributed by atoms with Crippen LogP contribution in [0.3, 0.4) is 0 Å². The molecule has 1 aromatic heterocycles. The normalized spacial score (nSPS) is 11.9. The van der Waals surface area contributed by atoms with E-state index in [9.17, 15) is 9.59 Å². The Morgan fingerprint density at radius 2 is 2.22 bits per heavy atom. The quantitative estimate of drug-likeness (QED) is 0.844. The largest absolute Gasteiger partial charge is 0.481 e. The molecule has 0 spiro atoms. The van der Waals surface area contributed by atoms with Crippen molar-refractivity contribution in [1.29, 1.82) is 0 Å². The van der Waals surface area contributed by atoms with Crippen molar-refractivity contribution in [2.75, 3.05) is 13.1 Å². The lowest BCUT2D eigenvalue weighted by Gasteiger charge is -2.22. The van der Waals surface area contributed by atoms with Gasteiger partial charge in [0.05, 0.1) is 5.92 Å². The van der Waals surface area contributed by atoms with Crippen LogP contribution in [0.1, 0.15) is 24.2 Å². The second-order valence-corrected chi connectivity index (χ2v) is 4.76. The van der Waals surface area contributed by atoms with E-state index in [1.165, 1.54) is 11.1 Å². The minimum atomic E-state index is -0.905. The minimum absolute atomic E-state index is 0.186. The summed E-state index contributed by atoms with van der Waals surface area (Å²) in [5.74, 6) is -1.68. The van der Waals surface area contributed by atoms with E-state index in [4.69, 9.17) is 5.11 Å². The lowest BCUT2D eigenvalue weighted by atomic mass is 10.1. The Morgan fingerprint density at radius 1 is 1.56 bits per heavy atom. The summed E-state index contributed by atoms with van der Waals surface area (Å²) in [6.07, 6.45) is 1.53. The Labute approximate surface area is 114 Å². The number of carboxylic acids is 1. The zero-order valence-electron chi connectivity index (χ0n) is 10.3. The molecular weight excluding hydrogens is 300 g/mol. The minimum Gasteiger partial charge on any atom is -0.481 e. The number of hydrogen-bond donors (Lipinski definition) is 1. The third kappa shape index (κ3) is 3.80. The molecule has 98 valence electrons. The second kappa shape index (κ2) is 6.49. The van der Waals surface area contributed by atoms with Crippen LogP contribution in [-0.2, 0) is 4.79 Å². The highest BCUT2D eigenvalue weighted by atomic mass is 79.9. The maximum Gasteiger partial charge on any atom is 0.308 e. The van der Waals surface area contributed by atoms with Gasteiger partial charge in [0.2, 0.25) is 0 Å². The molecule has 0 aliphatic heterocycles. The fourth-order valence-corrected chi connectivity index (χ4v) is 1.85. The first-order chi connectivity index (χ1) is 8.45. The summed E-state index contributed by atoms with van der Waals surface area (Å²) in [6, 6.07) is 3.23. The zero-order chi connectivity index (χ0) is 13.7. The molecule has 1 heterocycles. The Hall–Kier alpha value is -1.43. The number of amides is 1. The molecule has 1 aromatic rings. The molecule has 18 heavy (non-hydrogen) atoms. The first-order valence-electron chi connectivity index (χ1n) is 5.59. The molecule has 5 nitrogen and oxygen atoms in total. The van der Waals surface area contributed by atoms with E-state index < -0.39 is 11.9 Å². The zero-order valence-corrected chi connectivity index (χ0v) is 11.8. The molecule has 1 N–H and O–H groups in total. The van der Waals surface area contributed by atoms with Gasteiger partial charge in [0, 0.05) is 24.8 Å². The summed E-state index contributed by atoms with van der Waals surface area (Å²) in [5, 5.41) is 8.87. The fourth-order valence-electron chi connectivity index (χ4n) is 1.48. The van der Waals surface area contributed by atoms with Crippen LogP contribution in [-0.4, -0.2) is 40.0 Å². The van der Waals surface area contributed by atoms with Gasteiger partial charge in [0.25, 0.3) is 5.91 Å². The molecule has 0 aliphatic rings. The summed E-state index contributed by atoms with van der Waals surface area (Å²) < 4.78 is 0.579. The molecule has 1 rings (SSSR count). The molecule has 0 aromatic carbocycles. The lowest BCUT2D eigenvalue weighted by molar-refractivity contribution is -0.141. The van der Waals surface area contributed by atoms with Gasteiger partial charge in [-0.2, -0.15) is 0 Å². The van der Waals surface area contributed by atoms with Crippen LogP contribution in [0.4, 0.5) is 0 Å². The number of rotatable bonds is 5. The molecular formula is C12H15BrN2O3. The summed E-state index contributed by atoms with van der Waals surface area (Å²) in [5.41, 5.74) is 0.497. The van der Waals surface area contributed by atoms with E-state index in [0.29, 0.717) is 16.7 Å². The average Bonchev–Trinajstić information content (AvgIpc) is 2.34. The molecule has 0 bridgehead atoms. The highest BCUT2D eigenvalue weighted by molar-refractivity contribution is 9.10. The van der Waals surface area contributed by atoms with Crippen LogP contribution in [0.2, 0.25) is 0 Å². The van der Waals surface area contributed by atoms with Crippen LogP contribution >= 0.6 is 15.9 Å². The number of carbonyl (C=O) groups is 2. The average molecular weight is 315 g/mol. The Kier molecular flexibility index (Phi) is 5.27. The van der Waals surface area contributed by atoms with Crippen LogP contribution < -0.4 is 0 Å². The van der Waals surface area contributed by atoms with E-state index in [0.717, 1.165) is 0 Å². The van der Waals surface area contributed by atoms with Gasteiger partial charge in [-0.15, -0.1) is 0 Å². The third-order valence-corrected chi connectivity index (χ3v) is 2.99. The first kappa shape index (κ1) is 14.6. The van der Waals surface area contributed by atoms with Crippen molar-refractivity contribution in [3.63, 3.8) is 0 Å². The predicted molar refractivity (Wildman–Crippen MR) is 70.3 cm³/mol. The van der Waals surface area contributed by atoms with E-state index in [1.54, 1.807) is 19.1 Å².